The van der Waals surface area contributed by atoms with Crippen molar-refractivity contribution in [2.24, 2.45) is 0 Å². The topological polar surface area (TPSA) is 87.1 Å². The van der Waals surface area contributed by atoms with Gasteiger partial charge in [-0.3, -0.25) is 0 Å². The van der Waals surface area contributed by atoms with Gasteiger partial charge in [-0.2, -0.15) is 4.98 Å². The largest absolute Gasteiger partial charge is 0.496 e. The molecule has 0 atom stereocenters. The molecule has 2 aromatic carbocycles. The van der Waals surface area contributed by atoms with Gasteiger partial charge in [0.05, 0.1) is 18.4 Å². The van der Waals surface area contributed by atoms with Crippen LogP contribution in [0.25, 0.3) is 22.8 Å². The maximum Gasteiger partial charge on any atom is 0.277 e. The van der Waals surface area contributed by atoms with Crippen LogP contribution in [0.5, 0.6) is 5.75 Å². The molecule has 0 spiro atoms. The van der Waals surface area contributed by atoms with Crippen LogP contribution in [0.1, 0.15) is 11.5 Å². The number of hydrogen-bond acceptors (Lipinski definition) is 8. The van der Waals surface area contributed by atoms with Gasteiger partial charge in [0.2, 0.25) is 11.7 Å². The van der Waals surface area contributed by atoms with Crippen LogP contribution in [0.15, 0.2) is 62.7 Å². The molecule has 0 amide bonds. The van der Waals surface area contributed by atoms with E-state index >= 15 is 0 Å². The number of hydrogen-bond donors (Lipinski definition) is 0. The highest BCUT2D eigenvalue weighted by Crippen LogP contribution is 2.31. The Balaban J connectivity index is 1.44. The zero-order valence-electron chi connectivity index (χ0n) is 14.7. The Morgan fingerprint density at radius 1 is 1.04 bits per heavy atom. The van der Waals surface area contributed by atoms with Crippen LogP contribution >= 0.6 is 11.8 Å². The van der Waals surface area contributed by atoms with E-state index in [0.717, 1.165) is 11.1 Å². The average molecular weight is 380 g/mol. The van der Waals surface area contributed by atoms with E-state index in [4.69, 9.17) is 13.7 Å². The first-order valence-electron chi connectivity index (χ1n) is 8.22. The van der Waals surface area contributed by atoms with Crippen molar-refractivity contribution in [3.05, 3.63) is 60.0 Å². The van der Waals surface area contributed by atoms with Gasteiger partial charge >= 0.3 is 0 Å². The quantitative estimate of drug-likeness (QED) is 0.455. The zero-order valence-corrected chi connectivity index (χ0v) is 15.6. The maximum absolute atomic E-state index is 5.71. The van der Waals surface area contributed by atoms with Crippen molar-refractivity contribution in [2.45, 2.75) is 17.9 Å². The van der Waals surface area contributed by atoms with Gasteiger partial charge in [0, 0.05) is 5.56 Å². The number of rotatable bonds is 6. The van der Waals surface area contributed by atoms with Crippen molar-refractivity contribution in [2.75, 3.05) is 7.11 Å². The number of benzene rings is 2. The van der Waals surface area contributed by atoms with E-state index in [1.807, 2.05) is 55.5 Å². The minimum absolute atomic E-state index is 0.404. The van der Waals surface area contributed by atoms with Crippen LogP contribution in [0.4, 0.5) is 0 Å². The van der Waals surface area contributed by atoms with E-state index in [9.17, 15) is 0 Å². The molecule has 0 aliphatic carbocycles. The lowest BCUT2D eigenvalue weighted by molar-refractivity contribution is 0.390. The number of nitrogens with zero attached hydrogens (tertiary/aromatic N) is 4. The van der Waals surface area contributed by atoms with E-state index in [0.29, 0.717) is 34.3 Å². The van der Waals surface area contributed by atoms with Crippen molar-refractivity contribution in [3.8, 4) is 28.6 Å². The normalized spacial score (nSPS) is 10.9. The highest BCUT2D eigenvalue weighted by atomic mass is 32.2. The Morgan fingerprint density at radius 2 is 1.85 bits per heavy atom. The number of para-hydroxylation sites is 1. The van der Waals surface area contributed by atoms with Crippen LogP contribution in [0.2, 0.25) is 0 Å². The molecule has 27 heavy (non-hydrogen) atoms. The summed E-state index contributed by atoms with van der Waals surface area (Å²) in [6.45, 7) is 2.03. The summed E-state index contributed by atoms with van der Waals surface area (Å²) >= 11 is 1.34. The molecular formula is C19H16N4O3S. The highest BCUT2D eigenvalue weighted by molar-refractivity contribution is 7.98. The molecule has 0 radical (unpaired) electrons. The van der Waals surface area contributed by atoms with Gasteiger partial charge in [0.15, 0.2) is 0 Å². The minimum atomic E-state index is 0.404. The Morgan fingerprint density at radius 3 is 2.67 bits per heavy atom. The van der Waals surface area contributed by atoms with Gasteiger partial charge in [-0.15, -0.1) is 10.2 Å². The molecule has 0 bridgehead atoms. The molecule has 4 aromatic rings. The molecule has 136 valence electrons. The van der Waals surface area contributed by atoms with Gasteiger partial charge in [-0.05, 0) is 19.1 Å². The molecule has 2 aromatic heterocycles. The van der Waals surface area contributed by atoms with Gasteiger partial charge in [-0.1, -0.05) is 58.9 Å². The van der Waals surface area contributed by atoms with Crippen LogP contribution in [-0.2, 0) is 5.75 Å². The van der Waals surface area contributed by atoms with Crippen molar-refractivity contribution >= 4 is 11.8 Å². The summed E-state index contributed by atoms with van der Waals surface area (Å²) in [5.74, 6) is 2.57. The third kappa shape index (κ3) is 3.85. The molecule has 0 fully saturated rings. The summed E-state index contributed by atoms with van der Waals surface area (Å²) in [5, 5.41) is 12.6. The third-order valence-electron chi connectivity index (χ3n) is 3.84. The molecule has 0 aliphatic rings. The second-order valence-electron chi connectivity index (χ2n) is 5.74. The molecule has 4 rings (SSSR count). The van der Waals surface area contributed by atoms with Crippen LogP contribution in [0.3, 0.4) is 0 Å². The van der Waals surface area contributed by atoms with E-state index in [-0.39, 0.29) is 0 Å². The molecular weight excluding hydrogens is 364 g/mol. The van der Waals surface area contributed by atoms with Crippen LogP contribution < -0.4 is 4.74 Å². The number of ether oxygens (including phenoxy) is 1. The first kappa shape index (κ1) is 17.3. The lowest BCUT2D eigenvalue weighted by Gasteiger charge is -2.03. The first-order valence-corrected chi connectivity index (χ1v) is 9.21. The summed E-state index contributed by atoms with van der Waals surface area (Å²) < 4.78 is 16.3. The Kier molecular flexibility index (Phi) is 4.88. The Hall–Kier alpha value is -3.13. The average Bonchev–Trinajstić information content (AvgIpc) is 3.36. The van der Waals surface area contributed by atoms with E-state index < -0.39 is 0 Å². The van der Waals surface area contributed by atoms with Gasteiger partial charge in [0.25, 0.3) is 11.1 Å². The van der Waals surface area contributed by atoms with Crippen LogP contribution in [0, 0.1) is 6.92 Å². The van der Waals surface area contributed by atoms with Gasteiger partial charge in [0.1, 0.15) is 5.75 Å². The fourth-order valence-corrected chi connectivity index (χ4v) is 3.06. The van der Waals surface area contributed by atoms with Crippen molar-refractivity contribution < 1.29 is 13.7 Å². The first-order chi connectivity index (χ1) is 13.2. The predicted octanol–water partition coefficient (Wildman–Crippen LogP) is 4.40. The number of methoxy groups -OCH3 is 1. The van der Waals surface area contributed by atoms with Crippen LogP contribution in [-0.4, -0.2) is 27.4 Å². The Labute approximate surface area is 159 Å². The van der Waals surface area contributed by atoms with Crippen molar-refractivity contribution in [1.29, 1.82) is 0 Å². The molecule has 0 N–H and O–H groups in total. The fourth-order valence-electron chi connectivity index (χ4n) is 2.46. The van der Waals surface area contributed by atoms with E-state index in [2.05, 4.69) is 20.3 Å². The molecule has 2 heterocycles. The fraction of sp³-hybridized carbons (Fsp3) is 0.158. The van der Waals surface area contributed by atoms with Gasteiger partial charge in [-0.25, -0.2) is 0 Å². The summed E-state index contributed by atoms with van der Waals surface area (Å²) in [5.41, 5.74) is 2.84. The second kappa shape index (κ2) is 7.63. The lowest BCUT2D eigenvalue weighted by atomic mass is 10.1. The zero-order chi connectivity index (χ0) is 18.6. The summed E-state index contributed by atoms with van der Waals surface area (Å²) in [6, 6.07) is 15.4. The molecule has 7 nitrogen and oxygen atoms in total. The molecule has 0 unspecified atom stereocenters. The molecule has 0 saturated carbocycles. The summed E-state index contributed by atoms with van der Waals surface area (Å²) in [7, 11) is 1.60. The molecule has 0 aliphatic heterocycles. The van der Waals surface area contributed by atoms with Gasteiger partial charge < -0.3 is 13.7 Å². The molecule has 0 saturated heterocycles. The third-order valence-corrected chi connectivity index (χ3v) is 4.64. The Bertz CT molecular complexity index is 1040. The SMILES string of the molecule is COc1ccccc1-c1nnc(SCc2nc(-c3ccc(C)cc3)no2)o1. The molecule has 8 heteroatoms. The maximum atomic E-state index is 5.71. The predicted molar refractivity (Wildman–Crippen MR) is 100 cm³/mol. The van der Waals surface area contributed by atoms with E-state index in [1.54, 1.807) is 7.11 Å². The summed E-state index contributed by atoms with van der Waals surface area (Å²) in [6.07, 6.45) is 0. The standard InChI is InChI=1S/C19H16N4O3S/c1-12-7-9-13(10-8-12)17-20-16(26-23-17)11-27-19-22-21-18(25-19)14-5-3-4-6-15(14)24-2/h3-10H,11H2,1-2H3. The minimum Gasteiger partial charge on any atom is -0.496 e. The monoisotopic (exact) mass is 380 g/mol. The van der Waals surface area contributed by atoms with Crippen molar-refractivity contribution in [1.82, 2.24) is 20.3 Å². The number of thioether (sulfide) groups is 1. The highest BCUT2D eigenvalue weighted by Gasteiger charge is 2.15. The lowest BCUT2D eigenvalue weighted by Crippen LogP contribution is -1.87. The summed E-state index contributed by atoms with van der Waals surface area (Å²) in [4.78, 5) is 4.41. The van der Waals surface area contributed by atoms with E-state index in [1.165, 1.54) is 17.3 Å². The smallest absolute Gasteiger partial charge is 0.277 e. The number of aromatic nitrogens is 4. The number of aryl methyl sites for hydroxylation is 1. The second-order valence-corrected chi connectivity index (χ2v) is 6.67. The van der Waals surface area contributed by atoms with Crippen molar-refractivity contribution in [3.63, 3.8) is 0 Å².